The zero-order valence-corrected chi connectivity index (χ0v) is 15.6. The summed E-state index contributed by atoms with van der Waals surface area (Å²) in [5, 5.41) is 13.5. The van der Waals surface area contributed by atoms with Crippen LogP contribution < -0.4 is 19.5 Å². The van der Waals surface area contributed by atoms with Gasteiger partial charge >= 0.3 is 0 Å². The van der Waals surface area contributed by atoms with Crippen LogP contribution in [0.4, 0.5) is 11.4 Å². The number of ether oxygens (including phenoxy) is 3. The van der Waals surface area contributed by atoms with Gasteiger partial charge in [0.25, 0.3) is 5.69 Å². The van der Waals surface area contributed by atoms with Gasteiger partial charge in [-0.2, -0.15) is 0 Å². The number of carbonyl (C=O) groups is 1. The Balaban J connectivity index is 2.25. The Morgan fingerprint density at radius 1 is 1.11 bits per heavy atom. The van der Waals surface area contributed by atoms with Gasteiger partial charge in [-0.3, -0.25) is 14.9 Å². The lowest BCUT2D eigenvalue weighted by Crippen LogP contribution is -2.08. The Morgan fingerprint density at radius 2 is 1.81 bits per heavy atom. The molecule has 0 spiro atoms. The number of benzene rings is 2. The van der Waals surface area contributed by atoms with Crippen LogP contribution in [0.5, 0.6) is 17.2 Å². The summed E-state index contributed by atoms with van der Waals surface area (Å²) in [6, 6.07) is 7.16. The first kappa shape index (κ1) is 20.1. The van der Waals surface area contributed by atoms with Crippen molar-refractivity contribution in [1.82, 2.24) is 0 Å². The van der Waals surface area contributed by atoms with E-state index in [2.05, 4.69) is 5.32 Å². The molecule has 0 unspecified atom stereocenters. The van der Waals surface area contributed by atoms with Gasteiger partial charge < -0.3 is 19.5 Å². The average Bonchev–Trinajstić information content (AvgIpc) is 2.66. The van der Waals surface area contributed by atoms with Gasteiger partial charge in [0.15, 0.2) is 11.5 Å². The first-order valence-electron chi connectivity index (χ1n) is 7.63. The fraction of sp³-hybridized carbons (Fsp3) is 0.167. The minimum absolute atomic E-state index is 0.139. The predicted molar refractivity (Wildman–Crippen MR) is 102 cm³/mol. The molecule has 0 aliphatic rings. The number of hydrogen-bond acceptors (Lipinski definition) is 6. The number of nitro groups is 1. The molecule has 0 aromatic heterocycles. The third-order valence-electron chi connectivity index (χ3n) is 3.57. The second kappa shape index (κ2) is 8.91. The maximum Gasteiger partial charge on any atom is 0.271 e. The lowest BCUT2D eigenvalue weighted by atomic mass is 10.1. The molecule has 8 nitrogen and oxygen atoms in total. The normalized spacial score (nSPS) is 10.5. The Kier molecular flexibility index (Phi) is 6.62. The van der Waals surface area contributed by atoms with Gasteiger partial charge in [-0.05, 0) is 24.3 Å². The van der Waals surface area contributed by atoms with Crippen LogP contribution in [0.2, 0.25) is 5.02 Å². The molecule has 2 aromatic rings. The lowest BCUT2D eigenvalue weighted by Gasteiger charge is -2.14. The molecule has 1 amide bonds. The van der Waals surface area contributed by atoms with Crippen molar-refractivity contribution in [3.05, 3.63) is 57.1 Å². The topological polar surface area (TPSA) is 99.9 Å². The molecule has 0 atom stereocenters. The Hall–Kier alpha value is -3.26. The standard InChI is InChI=1S/C18H17ClN2O6/c1-25-15-8-4-11(17(26-2)18(15)27-3)5-9-16(22)20-14-10-12(21(23)24)6-7-13(14)19/h4-10H,1-3H3,(H,20,22)/b9-5+. The molecule has 0 saturated heterocycles. The van der Waals surface area contributed by atoms with Gasteiger partial charge in [0.1, 0.15) is 0 Å². The summed E-state index contributed by atoms with van der Waals surface area (Å²) in [5.41, 5.74) is 0.537. The van der Waals surface area contributed by atoms with E-state index in [0.717, 1.165) is 0 Å². The highest BCUT2D eigenvalue weighted by molar-refractivity contribution is 6.34. The quantitative estimate of drug-likeness (QED) is 0.435. The number of amides is 1. The second-order valence-electron chi connectivity index (χ2n) is 5.17. The van der Waals surface area contributed by atoms with Crippen molar-refractivity contribution in [2.24, 2.45) is 0 Å². The molecule has 2 rings (SSSR count). The van der Waals surface area contributed by atoms with Crippen molar-refractivity contribution in [3.63, 3.8) is 0 Å². The van der Waals surface area contributed by atoms with E-state index in [1.54, 1.807) is 12.1 Å². The zero-order chi connectivity index (χ0) is 20.0. The number of nitro benzene ring substituents is 1. The van der Waals surface area contributed by atoms with Crippen molar-refractivity contribution in [1.29, 1.82) is 0 Å². The van der Waals surface area contributed by atoms with Crippen LogP contribution in [0.3, 0.4) is 0 Å². The highest BCUT2D eigenvalue weighted by Gasteiger charge is 2.15. The average molecular weight is 393 g/mol. The van der Waals surface area contributed by atoms with Crippen LogP contribution in [0.25, 0.3) is 6.08 Å². The van der Waals surface area contributed by atoms with E-state index < -0.39 is 10.8 Å². The van der Waals surface area contributed by atoms with Gasteiger partial charge in [-0.1, -0.05) is 11.6 Å². The molecule has 0 bridgehead atoms. The van der Waals surface area contributed by atoms with Gasteiger partial charge in [-0.25, -0.2) is 0 Å². The molecule has 0 aliphatic heterocycles. The number of nitrogens with one attached hydrogen (secondary N) is 1. The number of anilines is 1. The van der Waals surface area contributed by atoms with Crippen molar-refractivity contribution < 1.29 is 23.9 Å². The number of rotatable bonds is 7. The number of non-ortho nitro benzene ring substituents is 1. The summed E-state index contributed by atoms with van der Waals surface area (Å²) < 4.78 is 15.8. The number of hydrogen-bond donors (Lipinski definition) is 1. The van der Waals surface area contributed by atoms with Crippen molar-refractivity contribution in [3.8, 4) is 17.2 Å². The molecule has 0 saturated carbocycles. The molecular formula is C18H17ClN2O6. The number of methoxy groups -OCH3 is 3. The third kappa shape index (κ3) is 4.68. The highest BCUT2D eigenvalue weighted by atomic mass is 35.5. The highest BCUT2D eigenvalue weighted by Crippen LogP contribution is 2.40. The molecule has 9 heteroatoms. The number of nitrogens with zero attached hydrogens (tertiary/aromatic N) is 1. The maximum absolute atomic E-state index is 12.2. The van der Waals surface area contributed by atoms with E-state index in [1.165, 1.54) is 51.7 Å². The lowest BCUT2D eigenvalue weighted by molar-refractivity contribution is -0.384. The molecule has 2 aromatic carbocycles. The van der Waals surface area contributed by atoms with E-state index in [4.69, 9.17) is 25.8 Å². The first-order chi connectivity index (χ1) is 12.9. The monoisotopic (exact) mass is 392 g/mol. The van der Waals surface area contributed by atoms with Crippen LogP contribution in [-0.4, -0.2) is 32.2 Å². The van der Waals surface area contributed by atoms with Crippen LogP contribution in [-0.2, 0) is 4.79 Å². The largest absolute Gasteiger partial charge is 0.493 e. The Bertz CT molecular complexity index is 898. The number of carbonyl (C=O) groups excluding carboxylic acids is 1. The smallest absolute Gasteiger partial charge is 0.271 e. The molecule has 142 valence electrons. The number of halogens is 1. The zero-order valence-electron chi connectivity index (χ0n) is 14.8. The van der Waals surface area contributed by atoms with E-state index in [0.29, 0.717) is 22.8 Å². The summed E-state index contributed by atoms with van der Waals surface area (Å²) in [6.45, 7) is 0. The molecule has 0 radical (unpaired) electrons. The Morgan fingerprint density at radius 3 is 2.41 bits per heavy atom. The maximum atomic E-state index is 12.2. The molecular weight excluding hydrogens is 376 g/mol. The van der Waals surface area contributed by atoms with Gasteiger partial charge in [0.05, 0.1) is 37.0 Å². The molecule has 1 N–H and O–H groups in total. The summed E-state index contributed by atoms with van der Waals surface area (Å²) >= 11 is 5.97. The Labute approximate surface area is 160 Å². The van der Waals surface area contributed by atoms with Crippen LogP contribution in [0.1, 0.15) is 5.56 Å². The van der Waals surface area contributed by atoms with Crippen LogP contribution >= 0.6 is 11.6 Å². The second-order valence-corrected chi connectivity index (χ2v) is 5.57. The van der Waals surface area contributed by atoms with Gasteiger partial charge in [0, 0.05) is 23.8 Å². The summed E-state index contributed by atoms with van der Waals surface area (Å²) in [7, 11) is 4.45. The van der Waals surface area contributed by atoms with E-state index in [-0.39, 0.29) is 16.4 Å². The summed E-state index contributed by atoms with van der Waals surface area (Å²) in [4.78, 5) is 22.4. The van der Waals surface area contributed by atoms with Crippen molar-refractivity contribution >= 4 is 35.0 Å². The van der Waals surface area contributed by atoms with Crippen LogP contribution in [0.15, 0.2) is 36.4 Å². The van der Waals surface area contributed by atoms with Crippen LogP contribution in [0, 0.1) is 10.1 Å². The SMILES string of the molecule is COc1ccc(/C=C/C(=O)Nc2cc([N+](=O)[O-])ccc2Cl)c(OC)c1OC. The molecule has 0 fully saturated rings. The summed E-state index contributed by atoms with van der Waals surface area (Å²) in [6.07, 6.45) is 2.76. The van der Waals surface area contributed by atoms with E-state index in [1.807, 2.05) is 0 Å². The first-order valence-corrected chi connectivity index (χ1v) is 8.01. The van der Waals surface area contributed by atoms with Crippen molar-refractivity contribution in [2.45, 2.75) is 0 Å². The van der Waals surface area contributed by atoms with Crippen molar-refractivity contribution in [2.75, 3.05) is 26.6 Å². The minimum Gasteiger partial charge on any atom is -0.493 e. The van der Waals surface area contributed by atoms with Gasteiger partial charge in [-0.15, -0.1) is 0 Å². The fourth-order valence-electron chi connectivity index (χ4n) is 2.32. The molecule has 27 heavy (non-hydrogen) atoms. The fourth-order valence-corrected chi connectivity index (χ4v) is 2.48. The molecule has 0 heterocycles. The minimum atomic E-state index is -0.573. The van der Waals surface area contributed by atoms with E-state index >= 15 is 0 Å². The third-order valence-corrected chi connectivity index (χ3v) is 3.90. The van der Waals surface area contributed by atoms with Gasteiger partial charge in [0.2, 0.25) is 11.7 Å². The predicted octanol–water partition coefficient (Wildman–Crippen LogP) is 3.93. The molecule has 0 aliphatic carbocycles. The summed E-state index contributed by atoms with van der Waals surface area (Å²) in [5.74, 6) is 0.757. The van der Waals surface area contributed by atoms with E-state index in [9.17, 15) is 14.9 Å².